The van der Waals surface area contributed by atoms with E-state index in [0.29, 0.717) is 5.56 Å². The summed E-state index contributed by atoms with van der Waals surface area (Å²) in [7, 11) is 0. The minimum Gasteiger partial charge on any atom is -0.478 e. The van der Waals surface area contributed by atoms with Crippen LogP contribution < -0.4 is 0 Å². The van der Waals surface area contributed by atoms with E-state index in [1.54, 1.807) is 12.1 Å². The summed E-state index contributed by atoms with van der Waals surface area (Å²) >= 11 is 0. The molecule has 0 radical (unpaired) electrons. The third-order valence-corrected chi connectivity index (χ3v) is 3.06. The summed E-state index contributed by atoms with van der Waals surface area (Å²) in [6, 6.07) is 5.27. The van der Waals surface area contributed by atoms with Crippen LogP contribution in [0.3, 0.4) is 0 Å². The molecule has 100 valence electrons. The average molecular weight is 248 g/mol. The second-order valence-electron chi connectivity index (χ2n) is 4.09. The molecule has 0 bridgehead atoms. The van der Waals surface area contributed by atoms with Crippen LogP contribution in [0.15, 0.2) is 23.8 Å². The van der Waals surface area contributed by atoms with Crippen LogP contribution in [0.5, 0.6) is 0 Å². The lowest BCUT2D eigenvalue weighted by atomic mass is 9.95. The van der Waals surface area contributed by atoms with Gasteiger partial charge in [0.15, 0.2) is 0 Å². The van der Waals surface area contributed by atoms with E-state index in [0.717, 1.165) is 17.5 Å². The van der Waals surface area contributed by atoms with E-state index in [9.17, 15) is 4.79 Å². The van der Waals surface area contributed by atoms with Gasteiger partial charge in [0, 0.05) is 0 Å². The fraction of sp³-hybridized carbons (Fsp3) is 0.438. The number of aryl methyl sites for hydroxylation is 1. The van der Waals surface area contributed by atoms with Gasteiger partial charge in [-0.2, -0.15) is 0 Å². The summed E-state index contributed by atoms with van der Waals surface area (Å²) in [5.74, 6) is -0.872. The van der Waals surface area contributed by atoms with Crippen molar-refractivity contribution >= 4 is 11.5 Å². The number of carbonyl (C=O) groups is 1. The summed E-state index contributed by atoms with van der Waals surface area (Å²) in [5.41, 5.74) is 4.99. The van der Waals surface area contributed by atoms with Crippen LogP contribution >= 0.6 is 0 Å². The molecule has 0 amide bonds. The maximum Gasteiger partial charge on any atom is 0.335 e. The van der Waals surface area contributed by atoms with E-state index < -0.39 is 5.97 Å². The van der Waals surface area contributed by atoms with Gasteiger partial charge >= 0.3 is 5.97 Å². The summed E-state index contributed by atoms with van der Waals surface area (Å²) in [5, 5.41) is 8.96. The highest BCUT2D eigenvalue weighted by Gasteiger charge is 2.08. The molecule has 0 fully saturated rings. The minimum atomic E-state index is -0.872. The summed E-state index contributed by atoms with van der Waals surface area (Å²) in [6.45, 7) is 12.2. The fourth-order valence-electron chi connectivity index (χ4n) is 1.65. The molecule has 2 nitrogen and oxygen atoms in total. The molecule has 0 heterocycles. The van der Waals surface area contributed by atoms with Crippen LogP contribution in [0.1, 0.15) is 62.5 Å². The zero-order valence-corrected chi connectivity index (χ0v) is 12.3. The molecule has 0 saturated heterocycles. The second kappa shape index (κ2) is 7.70. The molecule has 0 unspecified atom stereocenters. The molecule has 0 aliphatic heterocycles. The van der Waals surface area contributed by atoms with Gasteiger partial charge in [-0.3, -0.25) is 0 Å². The van der Waals surface area contributed by atoms with Gasteiger partial charge < -0.3 is 5.11 Å². The maximum absolute atomic E-state index is 10.9. The van der Waals surface area contributed by atoms with Crippen molar-refractivity contribution in [3.8, 4) is 0 Å². The Morgan fingerprint density at radius 2 is 1.78 bits per heavy atom. The molecular formula is C16H24O2. The number of carboxylic acids is 1. The first-order valence-corrected chi connectivity index (χ1v) is 6.48. The molecule has 1 aromatic carbocycles. The molecule has 1 N–H and O–H groups in total. The molecule has 0 spiro atoms. The largest absolute Gasteiger partial charge is 0.478 e. The van der Waals surface area contributed by atoms with Gasteiger partial charge in [0.1, 0.15) is 0 Å². The molecule has 1 rings (SSSR count). The van der Waals surface area contributed by atoms with Crippen molar-refractivity contribution in [2.24, 2.45) is 0 Å². The Hall–Kier alpha value is -1.57. The topological polar surface area (TPSA) is 37.3 Å². The van der Waals surface area contributed by atoms with E-state index in [2.05, 4.69) is 13.8 Å². The van der Waals surface area contributed by atoms with Gasteiger partial charge in [-0.25, -0.2) is 4.79 Å². The van der Waals surface area contributed by atoms with Crippen molar-refractivity contribution in [3.63, 3.8) is 0 Å². The van der Waals surface area contributed by atoms with Crippen molar-refractivity contribution in [1.29, 1.82) is 0 Å². The van der Waals surface area contributed by atoms with Gasteiger partial charge in [0.05, 0.1) is 5.56 Å². The Morgan fingerprint density at radius 3 is 2.22 bits per heavy atom. The smallest absolute Gasteiger partial charge is 0.335 e. The quantitative estimate of drug-likeness (QED) is 0.824. The molecule has 1 aromatic rings. The highest BCUT2D eigenvalue weighted by molar-refractivity contribution is 5.89. The lowest BCUT2D eigenvalue weighted by Gasteiger charge is -2.10. The van der Waals surface area contributed by atoms with Gasteiger partial charge in [-0.1, -0.05) is 32.4 Å². The minimum absolute atomic E-state index is 0.351. The van der Waals surface area contributed by atoms with Gasteiger partial charge in [0.2, 0.25) is 0 Å². The van der Waals surface area contributed by atoms with E-state index in [1.165, 1.54) is 11.1 Å². The molecule has 0 saturated carbocycles. The summed E-state index contributed by atoms with van der Waals surface area (Å²) in [4.78, 5) is 10.9. The van der Waals surface area contributed by atoms with Crippen molar-refractivity contribution < 1.29 is 9.90 Å². The predicted molar refractivity (Wildman–Crippen MR) is 78.0 cm³/mol. The van der Waals surface area contributed by atoms with E-state index >= 15 is 0 Å². The molecule has 0 atom stereocenters. The SMILES string of the molecule is CC.CC/C(C)=C(/C)c1cc(C(=O)O)ccc1C. The van der Waals surface area contributed by atoms with Crippen LogP contribution in [0.2, 0.25) is 0 Å². The van der Waals surface area contributed by atoms with Crippen molar-refractivity contribution in [1.82, 2.24) is 0 Å². The standard InChI is InChI=1S/C14H18O2.C2H6/c1-5-9(2)11(4)13-8-12(14(15)16)7-6-10(13)3;1-2/h6-8H,5H2,1-4H3,(H,15,16);1-2H3/b11-9-;. The number of carboxylic acid groups (broad SMARTS) is 1. The number of rotatable bonds is 3. The lowest BCUT2D eigenvalue weighted by Crippen LogP contribution is -1.99. The first kappa shape index (κ1) is 16.4. The Bertz CT molecular complexity index is 442. The first-order chi connectivity index (χ1) is 8.47. The van der Waals surface area contributed by atoms with Crippen molar-refractivity contribution in [2.45, 2.75) is 48.0 Å². The number of benzene rings is 1. The summed E-state index contributed by atoms with van der Waals surface area (Å²) < 4.78 is 0. The molecule has 0 aliphatic carbocycles. The number of hydrogen-bond acceptors (Lipinski definition) is 1. The maximum atomic E-state index is 10.9. The van der Waals surface area contributed by atoms with Crippen LogP contribution in [0, 0.1) is 6.92 Å². The van der Waals surface area contributed by atoms with Crippen LogP contribution in [0.25, 0.3) is 5.57 Å². The highest BCUT2D eigenvalue weighted by atomic mass is 16.4. The Morgan fingerprint density at radius 1 is 1.22 bits per heavy atom. The first-order valence-electron chi connectivity index (χ1n) is 6.48. The summed E-state index contributed by atoms with van der Waals surface area (Å²) in [6.07, 6.45) is 0.989. The van der Waals surface area contributed by atoms with Gasteiger partial charge in [-0.15, -0.1) is 0 Å². The fourth-order valence-corrected chi connectivity index (χ4v) is 1.65. The molecule has 18 heavy (non-hydrogen) atoms. The van der Waals surface area contributed by atoms with Crippen LogP contribution in [-0.2, 0) is 0 Å². The van der Waals surface area contributed by atoms with Crippen molar-refractivity contribution in [3.05, 3.63) is 40.5 Å². The average Bonchev–Trinajstić information content (AvgIpc) is 2.39. The predicted octanol–water partition coefficient (Wildman–Crippen LogP) is 4.92. The Labute approximate surface area is 110 Å². The van der Waals surface area contributed by atoms with Crippen LogP contribution in [0.4, 0.5) is 0 Å². The third kappa shape index (κ3) is 4.02. The lowest BCUT2D eigenvalue weighted by molar-refractivity contribution is 0.0697. The number of hydrogen-bond donors (Lipinski definition) is 1. The molecular weight excluding hydrogens is 224 g/mol. The van der Waals surface area contributed by atoms with E-state index in [4.69, 9.17) is 5.11 Å². The molecule has 0 aromatic heterocycles. The number of allylic oxidation sites excluding steroid dienone is 2. The van der Waals surface area contributed by atoms with Crippen LogP contribution in [-0.4, -0.2) is 11.1 Å². The zero-order valence-electron chi connectivity index (χ0n) is 12.3. The molecule has 2 heteroatoms. The Kier molecular flexibility index (Phi) is 7.03. The normalized spacial score (nSPS) is 11.2. The van der Waals surface area contributed by atoms with Gasteiger partial charge in [-0.05, 0) is 56.0 Å². The third-order valence-electron chi connectivity index (χ3n) is 3.06. The number of aromatic carboxylic acids is 1. The Balaban J connectivity index is 0.00000137. The van der Waals surface area contributed by atoms with Gasteiger partial charge in [0.25, 0.3) is 0 Å². The van der Waals surface area contributed by atoms with E-state index in [-0.39, 0.29) is 0 Å². The second-order valence-corrected chi connectivity index (χ2v) is 4.09. The monoisotopic (exact) mass is 248 g/mol. The van der Waals surface area contributed by atoms with E-state index in [1.807, 2.05) is 33.8 Å². The molecule has 0 aliphatic rings. The van der Waals surface area contributed by atoms with Crippen molar-refractivity contribution in [2.75, 3.05) is 0 Å². The zero-order chi connectivity index (χ0) is 14.3. The highest BCUT2D eigenvalue weighted by Crippen LogP contribution is 2.24.